The number of ether oxygens (including phenoxy) is 2. The average Bonchev–Trinajstić information content (AvgIpc) is 2.86. The zero-order chi connectivity index (χ0) is 25.2. The number of carbonyl (C=O) groups is 1. The second-order valence-corrected chi connectivity index (χ2v) is 7.06. The van der Waals surface area contributed by atoms with E-state index in [1.165, 1.54) is 36.4 Å². The van der Waals surface area contributed by atoms with Crippen LogP contribution in [0.15, 0.2) is 91.0 Å². The van der Waals surface area contributed by atoms with Crippen LogP contribution in [-0.2, 0) is 0 Å². The van der Waals surface area contributed by atoms with E-state index in [4.69, 9.17) is 9.47 Å². The maximum atomic E-state index is 13.4. The molecular formula is C28H20F4O3. The van der Waals surface area contributed by atoms with Crippen molar-refractivity contribution in [3.8, 4) is 23.0 Å². The second-order valence-electron chi connectivity index (χ2n) is 7.06. The highest BCUT2D eigenvalue weighted by Crippen LogP contribution is 2.28. The SMILES string of the molecule is C/C=C/c1ccc(Oc2c(F)cccc2F)cc1.O=Cc1ccc(Oc2c(F)cccc2F)cc1. The van der Waals surface area contributed by atoms with Crippen molar-refractivity contribution >= 4 is 12.4 Å². The number of aldehydes is 1. The van der Waals surface area contributed by atoms with Gasteiger partial charge in [0.2, 0.25) is 0 Å². The third kappa shape index (κ3) is 7.04. The summed E-state index contributed by atoms with van der Waals surface area (Å²) in [5.74, 6) is -3.15. The highest BCUT2D eigenvalue weighted by Gasteiger charge is 2.11. The molecule has 4 aromatic carbocycles. The average molecular weight is 480 g/mol. The number of halogens is 4. The quantitative estimate of drug-likeness (QED) is 0.205. The van der Waals surface area contributed by atoms with Crippen molar-refractivity contribution in [1.29, 1.82) is 0 Å². The Labute approximate surface area is 199 Å². The van der Waals surface area contributed by atoms with Crippen LogP contribution in [0, 0.1) is 23.3 Å². The fraction of sp³-hybridized carbons (Fsp3) is 0.0357. The molecule has 3 nitrogen and oxygen atoms in total. The molecule has 0 saturated carbocycles. The van der Waals surface area contributed by atoms with Crippen molar-refractivity contribution in [2.45, 2.75) is 6.92 Å². The highest BCUT2D eigenvalue weighted by atomic mass is 19.1. The number of allylic oxidation sites excluding steroid dienone is 1. The van der Waals surface area contributed by atoms with Crippen molar-refractivity contribution in [1.82, 2.24) is 0 Å². The van der Waals surface area contributed by atoms with Crippen LogP contribution >= 0.6 is 0 Å². The number of benzene rings is 4. The van der Waals surface area contributed by atoms with E-state index < -0.39 is 29.0 Å². The van der Waals surface area contributed by atoms with Crippen molar-refractivity contribution < 1.29 is 31.8 Å². The van der Waals surface area contributed by atoms with Crippen LogP contribution in [0.5, 0.6) is 23.0 Å². The summed E-state index contributed by atoms with van der Waals surface area (Å²) in [4.78, 5) is 10.4. The Bertz CT molecular complexity index is 1260. The Balaban J connectivity index is 0.000000196. The summed E-state index contributed by atoms with van der Waals surface area (Å²) >= 11 is 0. The van der Waals surface area contributed by atoms with E-state index in [0.717, 1.165) is 29.8 Å². The molecule has 0 aromatic heterocycles. The Morgan fingerprint density at radius 1 is 0.571 bits per heavy atom. The highest BCUT2D eigenvalue weighted by molar-refractivity contribution is 5.74. The lowest BCUT2D eigenvalue weighted by atomic mass is 10.2. The summed E-state index contributed by atoms with van der Waals surface area (Å²) < 4.78 is 63.5. The van der Waals surface area contributed by atoms with Gasteiger partial charge in [0.1, 0.15) is 17.8 Å². The number of para-hydroxylation sites is 2. The van der Waals surface area contributed by atoms with Gasteiger partial charge in [0.05, 0.1) is 0 Å². The number of hydrogen-bond acceptors (Lipinski definition) is 3. The van der Waals surface area contributed by atoms with Crippen molar-refractivity contribution in [2.75, 3.05) is 0 Å². The normalized spacial score (nSPS) is 10.4. The Kier molecular flexibility index (Phi) is 8.78. The molecule has 178 valence electrons. The van der Waals surface area contributed by atoms with Crippen molar-refractivity contribution in [3.05, 3.63) is 125 Å². The maximum absolute atomic E-state index is 13.4. The molecule has 0 saturated heterocycles. The zero-order valence-electron chi connectivity index (χ0n) is 18.6. The van der Waals surface area contributed by atoms with Gasteiger partial charge >= 0.3 is 0 Å². The maximum Gasteiger partial charge on any atom is 0.198 e. The smallest absolute Gasteiger partial charge is 0.198 e. The lowest BCUT2D eigenvalue weighted by Crippen LogP contribution is -1.92. The van der Waals surface area contributed by atoms with Gasteiger partial charge in [-0.1, -0.05) is 36.4 Å². The number of carbonyl (C=O) groups excluding carboxylic acids is 1. The lowest BCUT2D eigenvalue weighted by Gasteiger charge is -2.07. The first-order valence-electron chi connectivity index (χ1n) is 10.4. The molecule has 0 spiro atoms. The van der Waals surface area contributed by atoms with Gasteiger partial charge in [-0.3, -0.25) is 4.79 Å². The monoisotopic (exact) mass is 480 g/mol. The summed E-state index contributed by atoms with van der Waals surface area (Å²) in [5.41, 5.74) is 1.46. The Morgan fingerprint density at radius 2 is 0.943 bits per heavy atom. The molecule has 0 radical (unpaired) electrons. The predicted molar refractivity (Wildman–Crippen MR) is 126 cm³/mol. The van der Waals surface area contributed by atoms with Crippen molar-refractivity contribution in [2.24, 2.45) is 0 Å². The van der Waals surface area contributed by atoms with E-state index in [1.54, 1.807) is 12.1 Å². The molecule has 0 aliphatic rings. The minimum atomic E-state index is -0.774. The van der Waals surface area contributed by atoms with Crippen LogP contribution in [0.2, 0.25) is 0 Å². The molecule has 4 rings (SSSR count). The topological polar surface area (TPSA) is 35.5 Å². The van der Waals surface area contributed by atoms with Gasteiger partial charge in [-0.15, -0.1) is 0 Å². The Hall–Kier alpha value is -4.39. The molecule has 0 atom stereocenters. The van der Waals surface area contributed by atoms with E-state index >= 15 is 0 Å². The van der Waals surface area contributed by atoms with Crippen LogP contribution in [0.25, 0.3) is 6.08 Å². The first kappa shape index (κ1) is 25.2. The van der Waals surface area contributed by atoms with Crippen LogP contribution in [-0.4, -0.2) is 6.29 Å². The third-order valence-electron chi connectivity index (χ3n) is 4.53. The molecule has 35 heavy (non-hydrogen) atoms. The van der Waals surface area contributed by atoms with Gasteiger partial charge in [-0.05, 0) is 73.2 Å². The summed E-state index contributed by atoms with van der Waals surface area (Å²) in [6.45, 7) is 1.92. The van der Waals surface area contributed by atoms with Crippen LogP contribution in [0.4, 0.5) is 17.6 Å². The predicted octanol–water partition coefficient (Wildman–Crippen LogP) is 8.36. The van der Waals surface area contributed by atoms with Gasteiger partial charge in [0.15, 0.2) is 34.8 Å². The minimum absolute atomic E-state index is 0.264. The summed E-state index contributed by atoms with van der Waals surface area (Å²) in [6, 6.07) is 20.0. The van der Waals surface area contributed by atoms with Crippen molar-refractivity contribution in [3.63, 3.8) is 0 Å². The van der Waals surface area contributed by atoms with Gasteiger partial charge in [-0.2, -0.15) is 0 Å². The molecule has 0 aliphatic heterocycles. The summed E-state index contributed by atoms with van der Waals surface area (Å²) in [5, 5.41) is 0. The van der Waals surface area contributed by atoms with Gasteiger partial charge < -0.3 is 9.47 Å². The molecule has 7 heteroatoms. The van der Waals surface area contributed by atoms with E-state index in [-0.39, 0.29) is 11.5 Å². The first-order valence-corrected chi connectivity index (χ1v) is 10.4. The third-order valence-corrected chi connectivity index (χ3v) is 4.53. The van der Waals surface area contributed by atoms with E-state index in [1.807, 2.05) is 31.2 Å². The van der Waals surface area contributed by atoms with E-state index in [0.29, 0.717) is 17.6 Å². The molecular weight excluding hydrogens is 460 g/mol. The standard InChI is InChI=1S/C15H12F2O.C13H8F2O2/c1-2-4-11-7-9-12(10-8-11)18-15-13(16)5-3-6-14(15)17;14-11-2-1-3-12(15)13(11)17-10-6-4-9(8-16)5-7-10/h2-10H,1H3;1-8H/b4-2+;. The molecule has 4 aromatic rings. The van der Waals surface area contributed by atoms with E-state index in [9.17, 15) is 22.4 Å². The molecule has 0 unspecified atom stereocenters. The molecule has 0 amide bonds. The molecule has 0 bridgehead atoms. The largest absolute Gasteiger partial charge is 0.451 e. The van der Waals surface area contributed by atoms with Gasteiger partial charge in [0, 0.05) is 5.56 Å². The Morgan fingerprint density at radius 3 is 1.29 bits per heavy atom. The fourth-order valence-corrected chi connectivity index (χ4v) is 2.85. The summed E-state index contributed by atoms with van der Waals surface area (Å²) in [7, 11) is 0. The van der Waals surface area contributed by atoms with Crippen LogP contribution < -0.4 is 9.47 Å². The van der Waals surface area contributed by atoms with Crippen LogP contribution in [0.3, 0.4) is 0 Å². The van der Waals surface area contributed by atoms with Gasteiger partial charge in [-0.25, -0.2) is 17.6 Å². The van der Waals surface area contributed by atoms with E-state index in [2.05, 4.69) is 0 Å². The molecule has 0 fully saturated rings. The first-order chi connectivity index (χ1) is 16.9. The number of hydrogen-bond donors (Lipinski definition) is 0. The summed E-state index contributed by atoms with van der Waals surface area (Å²) in [6.07, 6.45) is 4.51. The van der Waals surface area contributed by atoms with Gasteiger partial charge in [0.25, 0.3) is 0 Å². The lowest BCUT2D eigenvalue weighted by molar-refractivity contribution is 0.112. The fourth-order valence-electron chi connectivity index (χ4n) is 2.85. The zero-order valence-corrected chi connectivity index (χ0v) is 18.6. The second kappa shape index (κ2) is 12.2. The van der Waals surface area contributed by atoms with Crippen LogP contribution in [0.1, 0.15) is 22.8 Å². The number of rotatable bonds is 6. The molecule has 0 heterocycles. The molecule has 0 aliphatic carbocycles. The minimum Gasteiger partial charge on any atom is -0.451 e. The molecule has 0 N–H and O–H groups in total.